The number of ether oxygens (including phenoxy) is 1. The highest BCUT2D eigenvalue weighted by Crippen LogP contribution is 2.44. The van der Waals surface area contributed by atoms with Gasteiger partial charge in [-0.3, -0.25) is 0 Å². The van der Waals surface area contributed by atoms with Gasteiger partial charge in [0, 0.05) is 16.1 Å². The fraction of sp³-hybridized carbons (Fsp3) is 0.200. The molecule has 0 atom stereocenters. The maximum Gasteiger partial charge on any atom is 0.416 e. The zero-order valence-corrected chi connectivity index (χ0v) is 18.6. The Kier molecular flexibility index (Phi) is 6.80. The number of benzene rings is 2. The SMILES string of the molecule is O=C([O-])c1cc(C(F)(F)F)cc(C2=C(c3cc(Cl)ccc3OCc3cccc(F)c3F)CCC2)n1. The van der Waals surface area contributed by atoms with E-state index in [0.29, 0.717) is 47.1 Å². The smallest absolute Gasteiger partial charge is 0.416 e. The molecule has 182 valence electrons. The van der Waals surface area contributed by atoms with Crippen LogP contribution in [0.2, 0.25) is 5.02 Å². The molecule has 1 aromatic heterocycles. The van der Waals surface area contributed by atoms with Gasteiger partial charge >= 0.3 is 6.18 Å². The molecular formula is C25H16ClF5NO3-. The largest absolute Gasteiger partial charge is 0.543 e. The van der Waals surface area contributed by atoms with E-state index in [2.05, 4.69) is 4.98 Å². The normalized spacial score (nSPS) is 13.9. The minimum absolute atomic E-state index is 0.0235. The first-order chi connectivity index (χ1) is 16.5. The molecule has 4 nitrogen and oxygen atoms in total. The minimum Gasteiger partial charge on any atom is -0.543 e. The van der Waals surface area contributed by atoms with Gasteiger partial charge in [-0.2, -0.15) is 13.2 Å². The third kappa shape index (κ3) is 5.30. The fourth-order valence-corrected chi connectivity index (χ4v) is 4.13. The number of alkyl halides is 3. The van der Waals surface area contributed by atoms with Crippen molar-refractivity contribution in [1.82, 2.24) is 4.98 Å². The Bertz CT molecular complexity index is 1340. The molecule has 4 rings (SSSR count). The fourth-order valence-electron chi connectivity index (χ4n) is 3.96. The van der Waals surface area contributed by atoms with E-state index in [1.54, 1.807) is 6.07 Å². The van der Waals surface area contributed by atoms with Crippen LogP contribution in [-0.2, 0) is 12.8 Å². The van der Waals surface area contributed by atoms with Crippen molar-refractivity contribution in [3.05, 3.63) is 93.3 Å². The topological polar surface area (TPSA) is 62.2 Å². The molecule has 3 aromatic rings. The van der Waals surface area contributed by atoms with E-state index < -0.39 is 35.0 Å². The van der Waals surface area contributed by atoms with Crippen molar-refractivity contribution in [3.8, 4) is 5.75 Å². The molecular weight excluding hydrogens is 493 g/mol. The number of aromatic nitrogens is 1. The van der Waals surface area contributed by atoms with E-state index in [4.69, 9.17) is 16.3 Å². The van der Waals surface area contributed by atoms with Crippen molar-refractivity contribution < 1.29 is 36.6 Å². The molecule has 0 unspecified atom stereocenters. The third-order valence-corrected chi connectivity index (χ3v) is 5.81. The van der Waals surface area contributed by atoms with Crippen molar-refractivity contribution in [3.63, 3.8) is 0 Å². The zero-order chi connectivity index (χ0) is 25.3. The van der Waals surface area contributed by atoms with Gasteiger partial charge in [0.05, 0.1) is 22.9 Å². The average molecular weight is 509 g/mol. The molecule has 0 fully saturated rings. The highest BCUT2D eigenvalue weighted by atomic mass is 35.5. The number of carboxylic acids is 1. The van der Waals surface area contributed by atoms with Gasteiger partial charge in [0.15, 0.2) is 11.6 Å². The highest BCUT2D eigenvalue weighted by Gasteiger charge is 2.33. The number of carboxylic acid groups (broad SMARTS) is 1. The maximum atomic E-state index is 14.1. The molecule has 0 amide bonds. The summed E-state index contributed by atoms with van der Waals surface area (Å²) in [6, 6.07) is 9.49. The molecule has 1 aliphatic rings. The maximum absolute atomic E-state index is 14.1. The van der Waals surface area contributed by atoms with Gasteiger partial charge in [0.25, 0.3) is 0 Å². The molecule has 0 saturated carbocycles. The lowest BCUT2D eigenvalue weighted by atomic mass is 9.98. The van der Waals surface area contributed by atoms with Crippen LogP contribution in [0.25, 0.3) is 11.1 Å². The third-order valence-electron chi connectivity index (χ3n) is 5.57. The molecule has 35 heavy (non-hydrogen) atoms. The summed E-state index contributed by atoms with van der Waals surface area (Å²) in [5.74, 6) is -3.66. The van der Waals surface area contributed by atoms with Crippen LogP contribution in [0.4, 0.5) is 22.0 Å². The molecule has 10 heteroatoms. The van der Waals surface area contributed by atoms with Gasteiger partial charge in [-0.25, -0.2) is 13.8 Å². The van der Waals surface area contributed by atoms with Gasteiger partial charge < -0.3 is 14.6 Å². The lowest BCUT2D eigenvalue weighted by Crippen LogP contribution is -2.25. The van der Waals surface area contributed by atoms with Crippen molar-refractivity contribution in [2.45, 2.75) is 32.0 Å². The number of carbonyl (C=O) groups excluding carboxylic acids is 1. The molecule has 1 aliphatic carbocycles. The van der Waals surface area contributed by atoms with Crippen LogP contribution >= 0.6 is 11.6 Å². The summed E-state index contributed by atoms with van der Waals surface area (Å²) in [5, 5.41) is 11.6. The molecule has 0 radical (unpaired) electrons. The highest BCUT2D eigenvalue weighted by molar-refractivity contribution is 6.30. The first kappa shape index (κ1) is 24.7. The van der Waals surface area contributed by atoms with E-state index in [0.717, 1.165) is 12.1 Å². The second-order valence-corrected chi connectivity index (χ2v) is 8.30. The first-order valence-corrected chi connectivity index (χ1v) is 10.8. The number of pyridine rings is 1. The van der Waals surface area contributed by atoms with E-state index in [9.17, 15) is 31.9 Å². The first-order valence-electron chi connectivity index (χ1n) is 10.4. The van der Waals surface area contributed by atoms with Gasteiger partial charge in [0.2, 0.25) is 0 Å². The summed E-state index contributed by atoms with van der Waals surface area (Å²) in [7, 11) is 0. The molecule has 0 aliphatic heterocycles. The standard InChI is InChI=1S/C25H17ClF5NO3/c26-15-7-8-22(35-12-13-3-1-6-19(27)23(13)28)18(11-15)16-4-2-5-17(16)20-9-14(25(29,30)31)10-21(32-20)24(33)34/h1,3,6-11H,2,4-5,12H2,(H,33,34)/p-1. The van der Waals surface area contributed by atoms with Crippen LogP contribution in [0.5, 0.6) is 5.75 Å². The minimum atomic E-state index is -4.79. The second kappa shape index (κ2) is 9.65. The monoisotopic (exact) mass is 508 g/mol. The van der Waals surface area contributed by atoms with Crippen LogP contribution in [0, 0.1) is 11.6 Å². The number of aromatic carboxylic acids is 1. The number of hydrogen-bond acceptors (Lipinski definition) is 4. The Morgan fingerprint density at radius 2 is 1.80 bits per heavy atom. The van der Waals surface area contributed by atoms with Crippen molar-refractivity contribution in [2.24, 2.45) is 0 Å². The number of nitrogens with zero attached hydrogens (tertiary/aromatic N) is 1. The summed E-state index contributed by atoms with van der Waals surface area (Å²) in [4.78, 5) is 15.2. The molecule has 1 heterocycles. The van der Waals surface area contributed by atoms with E-state index in [1.165, 1.54) is 24.3 Å². The van der Waals surface area contributed by atoms with Crippen LogP contribution in [0.1, 0.15) is 52.1 Å². The van der Waals surface area contributed by atoms with E-state index in [1.807, 2.05) is 0 Å². The lowest BCUT2D eigenvalue weighted by Gasteiger charge is -2.17. The van der Waals surface area contributed by atoms with Crippen LogP contribution in [0.15, 0.2) is 48.5 Å². The molecule has 0 bridgehead atoms. The summed E-state index contributed by atoms with van der Waals surface area (Å²) in [6.07, 6.45) is -3.46. The van der Waals surface area contributed by atoms with E-state index in [-0.39, 0.29) is 23.6 Å². The molecule has 0 saturated heterocycles. The predicted octanol–water partition coefficient (Wildman–Crippen LogP) is 6.07. The number of halogens is 6. The van der Waals surface area contributed by atoms with Crippen molar-refractivity contribution in [1.29, 1.82) is 0 Å². The summed E-state index contributed by atoms with van der Waals surface area (Å²) < 4.78 is 73.6. The van der Waals surface area contributed by atoms with Crippen LogP contribution in [0.3, 0.4) is 0 Å². The Hall–Kier alpha value is -3.46. The average Bonchev–Trinajstić information content (AvgIpc) is 3.29. The van der Waals surface area contributed by atoms with E-state index >= 15 is 0 Å². The quantitative estimate of drug-likeness (QED) is 0.379. The number of rotatable bonds is 6. The van der Waals surface area contributed by atoms with Crippen LogP contribution < -0.4 is 9.84 Å². The van der Waals surface area contributed by atoms with Gasteiger partial charge in [-0.1, -0.05) is 23.7 Å². The zero-order valence-electron chi connectivity index (χ0n) is 17.9. The Labute approximate surface area is 201 Å². The summed E-state index contributed by atoms with van der Waals surface area (Å²) in [5.41, 5.74) is -0.752. The number of allylic oxidation sites excluding steroid dienone is 2. The van der Waals surface area contributed by atoms with Crippen molar-refractivity contribution >= 4 is 28.7 Å². The summed E-state index contributed by atoms with van der Waals surface area (Å²) >= 11 is 6.17. The molecule has 0 N–H and O–H groups in total. The Balaban J connectivity index is 1.79. The Morgan fingerprint density at radius 3 is 2.51 bits per heavy atom. The number of hydrogen-bond donors (Lipinski definition) is 0. The molecule has 2 aromatic carbocycles. The van der Waals surface area contributed by atoms with Crippen LogP contribution in [-0.4, -0.2) is 11.0 Å². The van der Waals surface area contributed by atoms with Gasteiger partial charge in [-0.15, -0.1) is 0 Å². The van der Waals surface area contributed by atoms with Gasteiger partial charge in [-0.05, 0) is 66.8 Å². The molecule has 0 spiro atoms. The van der Waals surface area contributed by atoms with Crippen molar-refractivity contribution in [2.75, 3.05) is 0 Å². The second-order valence-electron chi connectivity index (χ2n) is 7.86. The van der Waals surface area contributed by atoms with Gasteiger partial charge in [0.1, 0.15) is 12.4 Å². The Morgan fingerprint density at radius 1 is 1.06 bits per heavy atom. The number of carbonyl (C=O) groups is 1. The lowest BCUT2D eigenvalue weighted by molar-refractivity contribution is -0.255. The predicted molar refractivity (Wildman–Crippen MR) is 116 cm³/mol. The summed E-state index contributed by atoms with van der Waals surface area (Å²) in [6.45, 7) is -0.308.